The van der Waals surface area contributed by atoms with Crippen molar-refractivity contribution < 1.29 is 36.9 Å². The Hall–Kier alpha value is -3.65. The molecule has 222 valence electrons. The number of fused-ring (bicyclic) bond motifs is 1. The van der Waals surface area contributed by atoms with Crippen LogP contribution in [-0.2, 0) is 14.3 Å². The molecule has 0 unspecified atom stereocenters. The van der Waals surface area contributed by atoms with E-state index < -0.39 is 12.8 Å². The molecule has 0 aliphatic carbocycles. The van der Waals surface area contributed by atoms with Gasteiger partial charge in [-0.3, -0.25) is 4.79 Å². The van der Waals surface area contributed by atoms with Crippen LogP contribution in [0.1, 0.15) is 0 Å². The van der Waals surface area contributed by atoms with Gasteiger partial charge >= 0.3 is 6.18 Å². The lowest BCUT2D eigenvalue weighted by Crippen LogP contribution is -2.19. The molecule has 0 saturated carbocycles. The van der Waals surface area contributed by atoms with E-state index in [0.717, 1.165) is 0 Å². The first-order valence-corrected chi connectivity index (χ1v) is 12.8. The lowest BCUT2D eigenvalue weighted by atomic mass is 10.1. The fourth-order valence-corrected chi connectivity index (χ4v) is 3.65. The molecule has 1 amide bonds. The molecule has 0 aliphatic heterocycles. The van der Waals surface area contributed by atoms with Crippen molar-refractivity contribution in [3.05, 3.63) is 53.8 Å². The predicted octanol–water partition coefficient (Wildman–Crippen LogP) is 5.07. The Morgan fingerprint density at radius 3 is 2.51 bits per heavy atom. The van der Waals surface area contributed by atoms with Crippen LogP contribution in [0.3, 0.4) is 0 Å². The van der Waals surface area contributed by atoms with E-state index in [4.69, 9.17) is 25.8 Å². The number of rotatable bonds is 15. The van der Waals surface area contributed by atoms with E-state index in [1.807, 2.05) is 19.0 Å². The average Bonchev–Trinajstić information content (AvgIpc) is 2.89. The molecule has 14 heteroatoms. The lowest BCUT2D eigenvalue weighted by molar-refractivity contribution is -0.175. The minimum atomic E-state index is -4.40. The molecular formula is C27H31ClF3N5O5. The van der Waals surface area contributed by atoms with E-state index in [2.05, 4.69) is 25.3 Å². The fourth-order valence-electron chi connectivity index (χ4n) is 3.41. The van der Waals surface area contributed by atoms with Crippen LogP contribution in [0.4, 0.5) is 30.4 Å². The summed E-state index contributed by atoms with van der Waals surface area (Å²) < 4.78 is 57.4. The Kier molecular flexibility index (Phi) is 12.0. The molecule has 2 N–H and O–H groups in total. The van der Waals surface area contributed by atoms with Crippen LogP contribution in [0.2, 0.25) is 5.02 Å². The number of alkyl halides is 3. The van der Waals surface area contributed by atoms with Gasteiger partial charge in [-0.25, -0.2) is 9.97 Å². The maximum atomic E-state index is 12.6. The third-order valence-electron chi connectivity index (χ3n) is 5.22. The Balaban J connectivity index is 1.79. The third kappa shape index (κ3) is 10.7. The average molecular weight is 598 g/mol. The van der Waals surface area contributed by atoms with Gasteiger partial charge in [0.15, 0.2) is 0 Å². The summed E-state index contributed by atoms with van der Waals surface area (Å²) in [5.74, 6) is 0.797. The van der Waals surface area contributed by atoms with Crippen LogP contribution < -0.4 is 20.1 Å². The number of carbonyl (C=O) groups excluding carboxylic acids is 1. The van der Waals surface area contributed by atoms with Gasteiger partial charge in [0.2, 0.25) is 5.91 Å². The van der Waals surface area contributed by atoms with E-state index in [1.165, 1.54) is 12.4 Å². The molecule has 10 nitrogen and oxygen atoms in total. The van der Waals surface area contributed by atoms with Gasteiger partial charge in [-0.05, 0) is 38.4 Å². The molecule has 1 heterocycles. The maximum Gasteiger partial charge on any atom is 0.411 e. The quantitative estimate of drug-likeness (QED) is 0.183. The number of amides is 1. The molecule has 0 saturated heterocycles. The van der Waals surface area contributed by atoms with Crippen LogP contribution in [0, 0.1) is 0 Å². The van der Waals surface area contributed by atoms with Crippen LogP contribution in [0.25, 0.3) is 10.9 Å². The molecule has 2 aromatic carbocycles. The highest BCUT2D eigenvalue weighted by Gasteiger charge is 2.27. The van der Waals surface area contributed by atoms with Gasteiger partial charge < -0.3 is 34.5 Å². The Morgan fingerprint density at radius 1 is 1.05 bits per heavy atom. The molecule has 41 heavy (non-hydrogen) atoms. The molecule has 0 aliphatic rings. The number of methoxy groups -OCH3 is 1. The number of hydrogen-bond donors (Lipinski definition) is 2. The summed E-state index contributed by atoms with van der Waals surface area (Å²) in [6.45, 7) is -0.483. The molecule has 0 spiro atoms. The number of carbonyl (C=O) groups is 1. The van der Waals surface area contributed by atoms with Crippen LogP contribution in [-0.4, -0.2) is 87.7 Å². The van der Waals surface area contributed by atoms with Crippen molar-refractivity contribution >= 4 is 45.6 Å². The Morgan fingerprint density at radius 2 is 1.80 bits per heavy atom. The fraction of sp³-hybridized carbons (Fsp3) is 0.370. The number of nitrogens with one attached hydrogen (secondary N) is 2. The second kappa shape index (κ2) is 15.4. The first kappa shape index (κ1) is 31.9. The normalized spacial score (nSPS) is 11.8. The summed E-state index contributed by atoms with van der Waals surface area (Å²) in [5, 5.41) is 6.84. The molecule has 0 fully saturated rings. The molecule has 3 rings (SSSR count). The van der Waals surface area contributed by atoms with Gasteiger partial charge in [-0.15, -0.1) is 0 Å². The first-order chi connectivity index (χ1) is 19.6. The minimum Gasteiger partial charge on any atom is -0.490 e. The van der Waals surface area contributed by atoms with Crippen molar-refractivity contribution in [3.63, 3.8) is 0 Å². The van der Waals surface area contributed by atoms with Gasteiger partial charge in [-0.2, -0.15) is 13.2 Å². The summed E-state index contributed by atoms with van der Waals surface area (Å²) in [6, 6.07) is 8.23. The number of aromatic nitrogens is 2. The lowest BCUT2D eigenvalue weighted by Gasteiger charge is -2.15. The number of nitrogens with zero attached hydrogens (tertiary/aromatic N) is 3. The highest BCUT2D eigenvalue weighted by Crippen LogP contribution is 2.35. The number of hydrogen-bond acceptors (Lipinski definition) is 9. The molecule has 0 bridgehead atoms. The number of benzene rings is 2. The zero-order valence-electron chi connectivity index (χ0n) is 22.8. The van der Waals surface area contributed by atoms with E-state index >= 15 is 0 Å². The number of halogens is 4. The zero-order valence-corrected chi connectivity index (χ0v) is 23.5. The zero-order chi connectivity index (χ0) is 29.8. The SMILES string of the molecule is COCCOc1cc2ncnc(Nc3ccc(OCCOCC(F)(F)F)c(Cl)c3)c2cc1NC(=O)/C=C/CN(C)C. The summed E-state index contributed by atoms with van der Waals surface area (Å²) in [7, 11) is 5.35. The Bertz CT molecular complexity index is 1340. The van der Waals surface area contributed by atoms with Gasteiger partial charge in [0.05, 0.1) is 29.4 Å². The molecule has 0 atom stereocenters. The largest absolute Gasteiger partial charge is 0.490 e. The van der Waals surface area contributed by atoms with Gasteiger partial charge in [0, 0.05) is 36.9 Å². The molecule has 1 aromatic heterocycles. The van der Waals surface area contributed by atoms with E-state index in [0.29, 0.717) is 47.0 Å². The molecular weight excluding hydrogens is 567 g/mol. The van der Waals surface area contributed by atoms with Crippen molar-refractivity contribution in [3.8, 4) is 11.5 Å². The van der Waals surface area contributed by atoms with Gasteiger partial charge in [0.25, 0.3) is 0 Å². The summed E-state index contributed by atoms with van der Waals surface area (Å²) in [5.41, 5.74) is 1.54. The highest BCUT2D eigenvalue weighted by molar-refractivity contribution is 6.32. The highest BCUT2D eigenvalue weighted by atomic mass is 35.5. The van der Waals surface area contributed by atoms with Crippen LogP contribution in [0.5, 0.6) is 11.5 Å². The van der Waals surface area contributed by atoms with Gasteiger partial charge in [-0.1, -0.05) is 17.7 Å². The Labute approximate surface area is 240 Å². The van der Waals surface area contributed by atoms with Gasteiger partial charge in [0.1, 0.15) is 43.5 Å². The van der Waals surface area contributed by atoms with E-state index in [9.17, 15) is 18.0 Å². The van der Waals surface area contributed by atoms with Crippen molar-refractivity contribution in [1.82, 2.24) is 14.9 Å². The van der Waals surface area contributed by atoms with Crippen molar-refractivity contribution in [2.75, 3.05) is 71.4 Å². The molecule has 3 aromatic rings. The second-order valence-corrected chi connectivity index (χ2v) is 9.28. The predicted molar refractivity (Wildman–Crippen MR) is 150 cm³/mol. The first-order valence-electron chi connectivity index (χ1n) is 12.4. The topological polar surface area (TPSA) is 107 Å². The van der Waals surface area contributed by atoms with Crippen molar-refractivity contribution in [2.24, 2.45) is 0 Å². The number of anilines is 3. The smallest absolute Gasteiger partial charge is 0.411 e. The molecule has 0 radical (unpaired) electrons. The van der Waals surface area contributed by atoms with E-state index in [-0.39, 0.29) is 36.5 Å². The minimum absolute atomic E-state index is 0.104. The van der Waals surface area contributed by atoms with Crippen LogP contribution >= 0.6 is 11.6 Å². The van der Waals surface area contributed by atoms with E-state index in [1.54, 1.807) is 43.5 Å². The summed E-state index contributed by atoms with van der Waals surface area (Å²) >= 11 is 6.32. The number of ether oxygens (including phenoxy) is 4. The number of likely N-dealkylation sites (N-methyl/N-ethyl adjacent to an activating group) is 1. The monoisotopic (exact) mass is 597 g/mol. The van der Waals surface area contributed by atoms with Crippen molar-refractivity contribution in [1.29, 1.82) is 0 Å². The second-order valence-electron chi connectivity index (χ2n) is 8.87. The van der Waals surface area contributed by atoms with Crippen LogP contribution in [0.15, 0.2) is 48.8 Å². The standard InChI is InChI=1S/C27H31ClF3N5O5/c1-36(2)8-4-5-25(37)35-22-14-19-21(15-24(22)41-11-9-38-3)32-17-33-26(19)34-18-6-7-23(20(28)13-18)40-12-10-39-16-27(29,30)31/h4-7,13-15,17H,8-12,16H2,1-3H3,(H,35,37)(H,32,33,34)/b5-4+. The maximum absolute atomic E-state index is 12.6. The third-order valence-corrected chi connectivity index (χ3v) is 5.52. The summed E-state index contributed by atoms with van der Waals surface area (Å²) in [6.07, 6.45) is 0.165. The summed E-state index contributed by atoms with van der Waals surface area (Å²) in [4.78, 5) is 23.2. The van der Waals surface area contributed by atoms with Crippen molar-refractivity contribution in [2.45, 2.75) is 6.18 Å².